The van der Waals surface area contributed by atoms with Gasteiger partial charge in [0.1, 0.15) is 4.60 Å². The molecule has 8 heteroatoms. The van der Waals surface area contributed by atoms with Crippen LogP contribution in [0.3, 0.4) is 0 Å². The fourth-order valence-electron chi connectivity index (χ4n) is 1.29. The van der Waals surface area contributed by atoms with Crippen LogP contribution in [0.5, 0.6) is 0 Å². The highest BCUT2D eigenvalue weighted by Crippen LogP contribution is 2.14. The Kier molecular flexibility index (Phi) is 3.43. The maximum absolute atomic E-state index is 10.2. The molecule has 3 N–H and O–H groups in total. The Labute approximate surface area is 105 Å². The lowest BCUT2D eigenvalue weighted by molar-refractivity contribution is 0.195. The zero-order chi connectivity index (χ0) is 12.3. The van der Waals surface area contributed by atoms with E-state index in [4.69, 9.17) is 5.11 Å². The minimum atomic E-state index is -1.05. The Morgan fingerprint density at radius 2 is 2.29 bits per heavy atom. The first kappa shape index (κ1) is 11.6. The van der Waals surface area contributed by atoms with Gasteiger partial charge in [0.2, 0.25) is 5.95 Å². The van der Waals surface area contributed by atoms with Crippen LogP contribution >= 0.6 is 15.9 Å². The second-order valence-electron chi connectivity index (χ2n) is 3.23. The summed E-state index contributed by atoms with van der Waals surface area (Å²) in [5.41, 5.74) is 0.881. The van der Waals surface area contributed by atoms with E-state index in [1.165, 1.54) is 0 Å². The van der Waals surface area contributed by atoms with Crippen molar-refractivity contribution in [1.82, 2.24) is 19.9 Å². The fourth-order valence-corrected chi connectivity index (χ4v) is 1.71. The van der Waals surface area contributed by atoms with Crippen molar-refractivity contribution in [3.8, 4) is 0 Å². The molecule has 0 fully saturated rings. The first-order chi connectivity index (χ1) is 8.16. The number of rotatable bonds is 4. The van der Waals surface area contributed by atoms with Crippen LogP contribution in [0.15, 0.2) is 22.9 Å². The van der Waals surface area contributed by atoms with Gasteiger partial charge >= 0.3 is 6.09 Å². The summed E-state index contributed by atoms with van der Waals surface area (Å²) in [5, 5.41) is 17.8. The average molecular weight is 300 g/mol. The quantitative estimate of drug-likeness (QED) is 0.737. The molecule has 2 heterocycles. The lowest BCUT2D eigenvalue weighted by Gasteiger charge is -2.05. The van der Waals surface area contributed by atoms with E-state index in [0.29, 0.717) is 19.0 Å². The van der Waals surface area contributed by atoms with E-state index in [9.17, 15) is 4.79 Å². The van der Waals surface area contributed by atoms with Crippen molar-refractivity contribution in [3.05, 3.63) is 22.9 Å². The SMILES string of the molecule is O=C(O)NCCNc1ncc2ccc(Br)n2n1. The van der Waals surface area contributed by atoms with Crippen LogP contribution in [-0.2, 0) is 0 Å². The molecule has 7 nitrogen and oxygen atoms in total. The van der Waals surface area contributed by atoms with Gasteiger partial charge < -0.3 is 15.7 Å². The first-order valence-electron chi connectivity index (χ1n) is 4.88. The van der Waals surface area contributed by atoms with Gasteiger partial charge in [-0.1, -0.05) is 0 Å². The number of hydrogen-bond donors (Lipinski definition) is 3. The minimum absolute atomic E-state index is 0.295. The van der Waals surface area contributed by atoms with Crippen molar-refractivity contribution in [2.75, 3.05) is 18.4 Å². The number of amides is 1. The molecule has 2 aromatic rings. The number of carboxylic acid groups (broad SMARTS) is 1. The molecule has 0 atom stereocenters. The van der Waals surface area contributed by atoms with E-state index in [0.717, 1.165) is 10.1 Å². The first-order valence-corrected chi connectivity index (χ1v) is 5.67. The Morgan fingerprint density at radius 1 is 1.47 bits per heavy atom. The van der Waals surface area contributed by atoms with Crippen molar-refractivity contribution in [2.45, 2.75) is 0 Å². The summed E-state index contributed by atoms with van der Waals surface area (Å²) in [4.78, 5) is 14.3. The third-order valence-corrected chi connectivity index (χ3v) is 2.64. The summed E-state index contributed by atoms with van der Waals surface area (Å²) in [6, 6.07) is 3.76. The van der Waals surface area contributed by atoms with Gasteiger partial charge in [-0.05, 0) is 28.1 Å². The zero-order valence-electron chi connectivity index (χ0n) is 8.72. The number of aromatic nitrogens is 3. The molecule has 0 bridgehead atoms. The second-order valence-corrected chi connectivity index (χ2v) is 4.05. The lowest BCUT2D eigenvalue weighted by atomic mass is 10.5. The van der Waals surface area contributed by atoms with Crippen LogP contribution in [0.25, 0.3) is 5.52 Å². The monoisotopic (exact) mass is 299 g/mol. The number of fused-ring (bicyclic) bond motifs is 1. The van der Waals surface area contributed by atoms with Crippen LogP contribution in [0.1, 0.15) is 0 Å². The highest BCUT2D eigenvalue weighted by molar-refractivity contribution is 9.10. The normalized spacial score (nSPS) is 10.4. The topological polar surface area (TPSA) is 91.5 Å². The third kappa shape index (κ3) is 2.84. The number of nitrogens with zero attached hydrogens (tertiary/aromatic N) is 3. The van der Waals surface area contributed by atoms with Crippen LogP contribution in [0.4, 0.5) is 10.7 Å². The molecule has 0 unspecified atom stereocenters. The smallest absolute Gasteiger partial charge is 0.404 e. The van der Waals surface area contributed by atoms with Crippen LogP contribution in [-0.4, -0.2) is 38.9 Å². The number of halogens is 1. The van der Waals surface area contributed by atoms with E-state index in [2.05, 4.69) is 36.6 Å². The number of hydrogen-bond acceptors (Lipinski definition) is 4. The Hall–Kier alpha value is -1.83. The Morgan fingerprint density at radius 3 is 3.06 bits per heavy atom. The van der Waals surface area contributed by atoms with E-state index in [-0.39, 0.29) is 0 Å². The van der Waals surface area contributed by atoms with E-state index in [1.807, 2.05) is 12.1 Å². The summed E-state index contributed by atoms with van der Waals surface area (Å²) < 4.78 is 2.53. The van der Waals surface area contributed by atoms with Gasteiger partial charge in [-0.25, -0.2) is 14.3 Å². The summed E-state index contributed by atoms with van der Waals surface area (Å²) >= 11 is 3.36. The predicted octanol–water partition coefficient (Wildman–Crippen LogP) is 1.17. The lowest BCUT2D eigenvalue weighted by Crippen LogP contribution is -2.27. The predicted molar refractivity (Wildman–Crippen MR) is 65.2 cm³/mol. The highest BCUT2D eigenvalue weighted by atomic mass is 79.9. The van der Waals surface area contributed by atoms with Gasteiger partial charge in [-0.15, -0.1) is 5.10 Å². The van der Waals surface area contributed by atoms with Crippen LogP contribution in [0, 0.1) is 0 Å². The molecule has 2 rings (SSSR count). The van der Waals surface area contributed by atoms with Gasteiger partial charge in [0.15, 0.2) is 0 Å². The number of anilines is 1. The Bertz CT molecular complexity index is 541. The minimum Gasteiger partial charge on any atom is -0.465 e. The molecular weight excluding hydrogens is 290 g/mol. The maximum Gasteiger partial charge on any atom is 0.404 e. The molecule has 0 radical (unpaired) electrons. The molecule has 0 spiro atoms. The molecule has 17 heavy (non-hydrogen) atoms. The average Bonchev–Trinajstić information content (AvgIpc) is 2.66. The standard InChI is InChI=1S/C9H10BrN5O2/c10-7-2-1-6-5-13-8(14-15(6)7)11-3-4-12-9(16)17/h1-2,5,12H,3-4H2,(H,11,14)(H,16,17). The van der Waals surface area contributed by atoms with Crippen molar-refractivity contribution in [3.63, 3.8) is 0 Å². The third-order valence-electron chi connectivity index (χ3n) is 2.04. The molecule has 0 aliphatic rings. The van der Waals surface area contributed by atoms with Crippen LogP contribution < -0.4 is 10.6 Å². The van der Waals surface area contributed by atoms with Crippen molar-refractivity contribution >= 4 is 33.5 Å². The fraction of sp³-hybridized carbons (Fsp3) is 0.222. The van der Waals surface area contributed by atoms with E-state index >= 15 is 0 Å². The number of carbonyl (C=O) groups is 1. The van der Waals surface area contributed by atoms with Gasteiger partial charge in [0.25, 0.3) is 0 Å². The van der Waals surface area contributed by atoms with Gasteiger partial charge in [0.05, 0.1) is 11.7 Å². The van der Waals surface area contributed by atoms with Gasteiger partial charge in [-0.3, -0.25) is 0 Å². The van der Waals surface area contributed by atoms with Crippen molar-refractivity contribution < 1.29 is 9.90 Å². The summed E-state index contributed by atoms with van der Waals surface area (Å²) in [6.45, 7) is 0.722. The van der Waals surface area contributed by atoms with Crippen molar-refractivity contribution in [1.29, 1.82) is 0 Å². The summed E-state index contributed by atoms with van der Waals surface area (Å²) in [6.07, 6.45) is 0.640. The van der Waals surface area contributed by atoms with Crippen molar-refractivity contribution in [2.24, 2.45) is 0 Å². The molecule has 0 saturated carbocycles. The molecular formula is C9H10BrN5O2. The Balaban J connectivity index is 1.99. The summed E-state index contributed by atoms with van der Waals surface area (Å²) in [7, 11) is 0. The number of nitrogens with one attached hydrogen (secondary N) is 2. The molecule has 0 saturated heterocycles. The summed E-state index contributed by atoms with van der Waals surface area (Å²) in [5.74, 6) is 0.446. The van der Waals surface area contributed by atoms with Gasteiger partial charge in [-0.2, -0.15) is 0 Å². The maximum atomic E-state index is 10.2. The zero-order valence-corrected chi connectivity index (χ0v) is 10.3. The molecule has 0 aliphatic heterocycles. The highest BCUT2D eigenvalue weighted by Gasteiger charge is 2.02. The second kappa shape index (κ2) is 5.00. The van der Waals surface area contributed by atoms with E-state index < -0.39 is 6.09 Å². The largest absolute Gasteiger partial charge is 0.465 e. The molecule has 0 aliphatic carbocycles. The molecule has 0 aromatic carbocycles. The molecule has 90 valence electrons. The molecule has 2 aromatic heterocycles. The van der Waals surface area contributed by atoms with Gasteiger partial charge in [0, 0.05) is 13.1 Å². The molecule has 1 amide bonds. The van der Waals surface area contributed by atoms with E-state index in [1.54, 1.807) is 10.7 Å². The van der Waals surface area contributed by atoms with Crippen LogP contribution in [0.2, 0.25) is 0 Å².